The van der Waals surface area contributed by atoms with Gasteiger partial charge in [0.25, 0.3) is 5.91 Å². The van der Waals surface area contributed by atoms with Gasteiger partial charge in [0, 0.05) is 36.1 Å². The number of hydrogen-bond acceptors (Lipinski definition) is 6. The van der Waals surface area contributed by atoms with Crippen LogP contribution < -0.4 is 10.6 Å². The number of amides is 1. The van der Waals surface area contributed by atoms with Crippen LogP contribution in [0.5, 0.6) is 0 Å². The third kappa shape index (κ3) is 5.88. The second-order valence-electron chi connectivity index (χ2n) is 9.53. The Balaban J connectivity index is 1.95. The molecule has 8 nitrogen and oxygen atoms in total. The van der Waals surface area contributed by atoms with Crippen LogP contribution in [0.3, 0.4) is 0 Å². The molecule has 2 atom stereocenters. The minimum atomic E-state index is -1.62. The van der Waals surface area contributed by atoms with Crippen LogP contribution in [0, 0.1) is 17.2 Å². The Labute approximate surface area is 198 Å². The van der Waals surface area contributed by atoms with Crippen LogP contribution in [-0.4, -0.2) is 49.9 Å². The molecule has 3 rings (SSSR count). The number of anilines is 1. The van der Waals surface area contributed by atoms with Gasteiger partial charge in [0.1, 0.15) is 23.7 Å². The molecular weight excluding hydrogens is 435 g/mol. The highest BCUT2D eigenvalue weighted by Crippen LogP contribution is 2.24. The number of aliphatic hydroxyl groups is 1. The van der Waals surface area contributed by atoms with Crippen molar-refractivity contribution in [2.45, 2.75) is 58.9 Å². The van der Waals surface area contributed by atoms with E-state index in [4.69, 9.17) is 5.26 Å². The highest BCUT2D eigenvalue weighted by atomic mass is 19.1. The van der Waals surface area contributed by atoms with Crippen molar-refractivity contribution in [1.29, 1.82) is 5.26 Å². The summed E-state index contributed by atoms with van der Waals surface area (Å²) in [5.41, 5.74) is 0.377. The molecule has 0 radical (unpaired) electrons. The normalized spacial score (nSPS) is 13.5. The molecule has 0 aliphatic heterocycles. The molecule has 3 heterocycles. The maximum atomic E-state index is 14.2. The molecule has 0 aliphatic carbocycles. The summed E-state index contributed by atoms with van der Waals surface area (Å²) in [5, 5.41) is 25.7. The Kier molecular flexibility index (Phi) is 7.52. The molecule has 34 heavy (non-hydrogen) atoms. The van der Waals surface area contributed by atoms with E-state index in [-0.39, 0.29) is 18.2 Å². The van der Waals surface area contributed by atoms with Gasteiger partial charge in [0.15, 0.2) is 0 Å². The predicted octanol–water partition coefficient (Wildman–Crippen LogP) is 3.98. The van der Waals surface area contributed by atoms with Crippen molar-refractivity contribution >= 4 is 22.6 Å². The summed E-state index contributed by atoms with van der Waals surface area (Å²) >= 11 is 0. The van der Waals surface area contributed by atoms with Crippen LogP contribution in [0.4, 0.5) is 10.1 Å². The van der Waals surface area contributed by atoms with E-state index in [1.54, 1.807) is 22.9 Å². The average molecular weight is 467 g/mol. The number of alkyl halides is 1. The minimum Gasteiger partial charge on any atom is -0.387 e. The Morgan fingerprint density at radius 3 is 2.65 bits per heavy atom. The number of carbonyl (C=O) groups excluding carboxylic acids is 1. The van der Waals surface area contributed by atoms with E-state index in [1.807, 2.05) is 13.0 Å². The summed E-state index contributed by atoms with van der Waals surface area (Å²) in [7, 11) is 0. The maximum absolute atomic E-state index is 14.2. The number of aromatic nitrogens is 3. The smallest absolute Gasteiger partial charge is 0.255 e. The number of nitriles is 1. The van der Waals surface area contributed by atoms with Crippen molar-refractivity contribution in [3.63, 3.8) is 0 Å². The van der Waals surface area contributed by atoms with E-state index in [0.29, 0.717) is 28.6 Å². The topological polar surface area (TPSA) is 116 Å². The van der Waals surface area contributed by atoms with Gasteiger partial charge >= 0.3 is 0 Å². The van der Waals surface area contributed by atoms with E-state index in [2.05, 4.69) is 40.5 Å². The van der Waals surface area contributed by atoms with Crippen molar-refractivity contribution in [1.82, 2.24) is 19.9 Å². The van der Waals surface area contributed by atoms with Crippen LogP contribution in [0.2, 0.25) is 0 Å². The summed E-state index contributed by atoms with van der Waals surface area (Å²) in [6, 6.07) is 7.51. The number of nitrogens with one attached hydrogen (secondary N) is 2. The predicted molar refractivity (Wildman–Crippen MR) is 130 cm³/mol. The highest BCUT2D eigenvalue weighted by molar-refractivity contribution is 5.99. The zero-order chi connectivity index (χ0) is 25.0. The van der Waals surface area contributed by atoms with E-state index in [0.717, 1.165) is 11.8 Å². The first-order valence-corrected chi connectivity index (χ1v) is 11.3. The average Bonchev–Trinajstić information content (AvgIpc) is 3.19. The number of carbonyl (C=O) groups is 1. The van der Waals surface area contributed by atoms with Crippen molar-refractivity contribution in [2.75, 3.05) is 11.9 Å². The van der Waals surface area contributed by atoms with Crippen LogP contribution in [0.25, 0.3) is 16.9 Å². The second-order valence-corrected chi connectivity index (χ2v) is 9.53. The fourth-order valence-electron chi connectivity index (χ4n) is 3.71. The Hall–Kier alpha value is -3.51. The van der Waals surface area contributed by atoms with E-state index in [9.17, 15) is 14.3 Å². The molecule has 3 N–H and O–H groups in total. The molecule has 180 valence electrons. The number of hydrogen-bond donors (Lipinski definition) is 3. The lowest BCUT2D eigenvalue weighted by Gasteiger charge is -2.23. The zero-order valence-electron chi connectivity index (χ0n) is 20.1. The lowest BCUT2D eigenvalue weighted by atomic mass is 10.0. The summed E-state index contributed by atoms with van der Waals surface area (Å²) in [4.78, 5) is 21.7. The first-order valence-electron chi connectivity index (χ1n) is 11.3. The summed E-state index contributed by atoms with van der Waals surface area (Å²) < 4.78 is 15.9. The Morgan fingerprint density at radius 2 is 2.00 bits per heavy atom. The van der Waals surface area contributed by atoms with Crippen LogP contribution >= 0.6 is 0 Å². The van der Waals surface area contributed by atoms with Gasteiger partial charge in [-0.2, -0.15) is 5.26 Å². The summed E-state index contributed by atoms with van der Waals surface area (Å²) in [6.45, 7) is 8.66. The van der Waals surface area contributed by atoms with E-state index < -0.39 is 17.7 Å². The third-order valence-corrected chi connectivity index (χ3v) is 5.47. The van der Waals surface area contributed by atoms with E-state index >= 15 is 0 Å². The summed E-state index contributed by atoms with van der Waals surface area (Å²) in [6.07, 6.45) is 4.02. The lowest BCUT2D eigenvalue weighted by Crippen LogP contribution is -2.42. The molecular formula is C25H31FN6O2. The fraction of sp³-hybridized carbons (Fsp3) is 0.440. The van der Waals surface area contributed by atoms with Crippen molar-refractivity contribution in [2.24, 2.45) is 5.92 Å². The van der Waals surface area contributed by atoms with Crippen molar-refractivity contribution in [3.05, 3.63) is 47.9 Å². The molecule has 2 unspecified atom stereocenters. The van der Waals surface area contributed by atoms with Crippen LogP contribution in [-0.2, 0) is 0 Å². The standard InChI is InChI=1S/C25H31FN6O2/c1-15(2)8-16(3)31-20-10-22(32-7-6-18-9-17(11-27)12-29-23(18)32)28-13-19(20)24(33)30-14-21(26)25(4,5)34/h6-7,9-10,12-13,15-16,21,34H,8,14H2,1-5H3,(H,28,31)(H,30,33). The van der Waals surface area contributed by atoms with Gasteiger partial charge in [-0.05, 0) is 45.2 Å². The Bertz CT molecular complexity index is 1210. The number of fused-ring (bicyclic) bond motifs is 1. The molecule has 0 saturated heterocycles. The minimum absolute atomic E-state index is 0.0739. The maximum Gasteiger partial charge on any atom is 0.255 e. The van der Waals surface area contributed by atoms with Crippen LogP contribution in [0.1, 0.15) is 57.0 Å². The van der Waals surface area contributed by atoms with Crippen molar-refractivity contribution in [3.8, 4) is 11.9 Å². The molecule has 1 amide bonds. The highest BCUT2D eigenvalue weighted by Gasteiger charge is 2.27. The van der Waals surface area contributed by atoms with Gasteiger partial charge in [-0.25, -0.2) is 14.4 Å². The van der Waals surface area contributed by atoms with Gasteiger partial charge in [-0.3, -0.25) is 9.36 Å². The SMILES string of the molecule is CC(C)CC(C)Nc1cc(-n2ccc3cc(C#N)cnc32)ncc1C(=O)NCC(F)C(C)(C)O. The third-order valence-electron chi connectivity index (χ3n) is 5.47. The monoisotopic (exact) mass is 466 g/mol. The molecule has 0 aliphatic rings. The molecule has 0 aromatic carbocycles. The number of pyridine rings is 2. The van der Waals surface area contributed by atoms with Gasteiger partial charge in [0.05, 0.1) is 29.0 Å². The van der Waals surface area contributed by atoms with Gasteiger partial charge < -0.3 is 15.7 Å². The first kappa shape index (κ1) is 25.1. The number of halogens is 1. The molecule has 0 bridgehead atoms. The zero-order valence-corrected chi connectivity index (χ0v) is 20.1. The lowest BCUT2D eigenvalue weighted by molar-refractivity contribution is -0.00177. The largest absolute Gasteiger partial charge is 0.387 e. The number of nitrogens with zero attached hydrogens (tertiary/aromatic N) is 4. The van der Waals surface area contributed by atoms with E-state index in [1.165, 1.54) is 26.2 Å². The molecule has 0 fully saturated rings. The molecule has 3 aromatic rings. The molecule has 0 spiro atoms. The fourth-order valence-corrected chi connectivity index (χ4v) is 3.71. The molecule has 3 aromatic heterocycles. The second kappa shape index (κ2) is 10.2. The summed E-state index contributed by atoms with van der Waals surface area (Å²) in [5.74, 6) is 0.509. The molecule has 9 heteroatoms. The van der Waals surface area contributed by atoms with Crippen molar-refractivity contribution < 1.29 is 14.3 Å². The van der Waals surface area contributed by atoms with Gasteiger partial charge in [-0.1, -0.05) is 13.8 Å². The van der Waals surface area contributed by atoms with Gasteiger partial charge in [-0.15, -0.1) is 0 Å². The first-order chi connectivity index (χ1) is 16.0. The number of rotatable bonds is 9. The Morgan fingerprint density at radius 1 is 1.26 bits per heavy atom. The molecule has 0 saturated carbocycles. The quantitative estimate of drug-likeness (QED) is 0.439. The van der Waals surface area contributed by atoms with Crippen LogP contribution in [0.15, 0.2) is 36.8 Å². The van der Waals surface area contributed by atoms with Gasteiger partial charge in [0.2, 0.25) is 0 Å².